The Balaban J connectivity index is 0.00000312. The Morgan fingerprint density at radius 3 is 2.48 bits per heavy atom. The molecule has 0 saturated heterocycles. The summed E-state index contributed by atoms with van der Waals surface area (Å²) in [6.45, 7) is 10.3. The largest absolute Gasteiger partial charge is 0.494 e. The van der Waals surface area contributed by atoms with Gasteiger partial charge in [0.05, 0.1) is 18.8 Å². The van der Waals surface area contributed by atoms with E-state index in [0.29, 0.717) is 19.7 Å². The number of hydrogen-bond donors (Lipinski definition) is 2. The third kappa shape index (κ3) is 6.47. The first kappa shape index (κ1) is 21.7. The second kappa shape index (κ2) is 10.6. The van der Waals surface area contributed by atoms with Crippen LogP contribution in [0.3, 0.4) is 0 Å². The van der Waals surface area contributed by atoms with Crippen LogP contribution in [0.1, 0.15) is 33.6 Å². The molecule has 2 aromatic rings. The molecule has 0 saturated carbocycles. The first-order valence-corrected chi connectivity index (χ1v) is 8.94. The highest BCUT2D eigenvalue weighted by atomic mass is 127. The van der Waals surface area contributed by atoms with Crippen molar-refractivity contribution in [3.63, 3.8) is 0 Å². The van der Waals surface area contributed by atoms with Gasteiger partial charge in [-0.2, -0.15) is 0 Å². The lowest BCUT2D eigenvalue weighted by Crippen LogP contribution is -2.36. The molecule has 0 aliphatic rings. The summed E-state index contributed by atoms with van der Waals surface area (Å²) in [6, 6.07) is 6.23. The maximum Gasteiger partial charge on any atom is 0.191 e. The third-order valence-corrected chi connectivity index (χ3v) is 4.78. The Kier molecular flexibility index (Phi) is 9.20. The lowest BCUT2D eigenvalue weighted by molar-refractivity contribution is 0.338. The molecule has 2 rings (SSSR count). The standard InChI is InChI=1S/C18H26N4OS.HI/c1-6-23-16-8-7-15(9-12(16)2)10-20-18(19-5)21-11-17-22-13(3)14(4)24-17;/h7-9H,6,10-11H2,1-5H3,(H2,19,20,21);1H. The van der Waals surface area contributed by atoms with Gasteiger partial charge in [-0.15, -0.1) is 35.3 Å². The summed E-state index contributed by atoms with van der Waals surface area (Å²) < 4.78 is 5.58. The predicted octanol–water partition coefficient (Wildman–Crippen LogP) is 3.95. The molecule has 2 N–H and O–H groups in total. The van der Waals surface area contributed by atoms with Gasteiger partial charge in [-0.3, -0.25) is 4.99 Å². The van der Waals surface area contributed by atoms with Gasteiger partial charge in [-0.25, -0.2) is 4.98 Å². The fourth-order valence-corrected chi connectivity index (χ4v) is 3.19. The zero-order chi connectivity index (χ0) is 17.5. The summed E-state index contributed by atoms with van der Waals surface area (Å²) in [5, 5.41) is 7.71. The van der Waals surface area contributed by atoms with Crippen LogP contribution in [0.4, 0.5) is 0 Å². The van der Waals surface area contributed by atoms with Crippen LogP contribution in [0.25, 0.3) is 0 Å². The van der Waals surface area contributed by atoms with Crippen molar-refractivity contribution >= 4 is 41.3 Å². The minimum Gasteiger partial charge on any atom is -0.494 e. The lowest BCUT2D eigenvalue weighted by atomic mass is 10.1. The Bertz CT molecular complexity index is 696. The number of aryl methyl sites for hydroxylation is 3. The van der Waals surface area contributed by atoms with Gasteiger partial charge < -0.3 is 15.4 Å². The number of guanidine groups is 1. The molecule has 0 bridgehead atoms. The molecule has 0 fully saturated rings. The van der Waals surface area contributed by atoms with E-state index in [9.17, 15) is 0 Å². The average molecular weight is 474 g/mol. The first-order chi connectivity index (χ1) is 11.5. The molecular weight excluding hydrogens is 447 g/mol. The van der Waals surface area contributed by atoms with Crippen LogP contribution >= 0.6 is 35.3 Å². The van der Waals surface area contributed by atoms with Crippen LogP contribution in [-0.4, -0.2) is 24.6 Å². The van der Waals surface area contributed by atoms with E-state index in [1.54, 1.807) is 18.4 Å². The number of aliphatic imine (C=N–C) groups is 1. The molecule has 138 valence electrons. The molecule has 0 amide bonds. The fourth-order valence-electron chi connectivity index (χ4n) is 2.32. The highest BCUT2D eigenvalue weighted by Gasteiger charge is 2.06. The number of ether oxygens (including phenoxy) is 1. The van der Waals surface area contributed by atoms with Crippen molar-refractivity contribution in [1.82, 2.24) is 15.6 Å². The summed E-state index contributed by atoms with van der Waals surface area (Å²) in [6.07, 6.45) is 0. The molecule has 1 heterocycles. The molecular formula is C18H27IN4OS. The van der Waals surface area contributed by atoms with E-state index in [0.717, 1.165) is 28.0 Å². The van der Waals surface area contributed by atoms with Crippen molar-refractivity contribution in [2.24, 2.45) is 4.99 Å². The SMILES string of the molecule is CCOc1ccc(CNC(=NC)NCc2nc(C)c(C)s2)cc1C.I. The molecule has 0 atom stereocenters. The predicted molar refractivity (Wildman–Crippen MR) is 116 cm³/mol. The minimum atomic E-state index is 0. The molecule has 1 aromatic carbocycles. The number of nitrogens with one attached hydrogen (secondary N) is 2. The van der Waals surface area contributed by atoms with Gasteiger partial charge >= 0.3 is 0 Å². The zero-order valence-electron chi connectivity index (χ0n) is 15.5. The summed E-state index contributed by atoms with van der Waals surface area (Å²) in [5.74, 6) is 1.71. The fraction of sp³-hybridized carbons (Fsp3) is 0.444. The summed E-state index contributed by atoms with van der Waals surface area (Å²) in [4.78, 5) is 10.1. The number of aromatic nitrogens is 1. The minimum absolute atomic E-state index is 0. The van der Waals surface area contributed by atoms with Crippen molar-refractivity contribution in [2.75, 3.05) is 13.7 Å². The smallest absolute Gasteiger partial charge is 0.191 e. The van der Waals surface area contributed by atoms with E-state index >= 15 is 0 Å². The summed E-state index contributed by atoms with van der Waals surface area (Å²) in [5.41, 5.74) is 3.44. The van der Waals surface area contributed by atoms with E-state index in [4.69, 9.17) is 4.74 Å². The second-order valence-electron chi connectivity index (χ2n) is 5.56. The number of thiazole rings is 1. The van der Waals surface area contributed by atoms with Crippen LogP contribution < -0.4 is 15.4 Å². The molecule has 0 aliphatic heterocycles. The average Bonchev–Trinajstić information content (AvgIpc) is 2.88. The van der Waals surface area contributed by atoms with E-state index in [1.807, 2.05) is 19.9 Å². The molecule has 7 heteroatoms. The van der Waals surface area contributed by atoms with Crippen molar-refractivity contribution in [3.8, 4) is 5.75 Å². The summed E-state index contributed by atoms with van der Waals surface area (Å²) in [7, 11) is 1.77. The van der Waals surface area contributed by atoms with Crippen LogP contribution in [0, 0.1) is 20.8 Å². The highest BCUT2D eigenvalue weighted by Crippen LogP contribution is 2.19. The van der Waals surface area contributed by atoms with Gasteiger partial charge in [0.2, 0.25) is 0 Å². The molecule has 25 heavy (non-hydrogen) atoms. The maximum atomic E-state index is 5.58. The summed E-state index contributed by atoms with van der Waals surface area (Å²) >= 11 is 1.72. The molecule has 0 spiro atoms. The van der Waals surface area contributed by atoms with E-state index < -0.39 is 0 Å². The number of nitrogens with zero attached hydrogens (tertiary/aromatic N) is 2. The van der Waals surface area contributed by atoms with Gasteiger partial charge in [0, 0.05) is 18.5 Å². The number of halogens is 1. The van der Waals surface area contributed by atoms with Gasteiger partial charge in [-0.1, -0.05) is 12.1 Å². The third-order valence-electron chi connectivity index (χ3n) is 3.70. The quantitative estimate of drug-likeness (QED) is 0.378. The normalized spacial score (nSPS) is 11.0. The molecule has 0 radical (unpaired) electrons. The van der Waals surface area contributed by atoms with Crippen molar-refractivity contribution in [2.45, 2.75) is 40.8 Å². The van der Waals surface area contributed by atoms with E-state index in [2.05, 4.69) is 46.6 Å². The monoisotopic (exact) mass is 474 g/mol. The van der Waals surface area contributed by atoms with Crippen LogP contribution in [-0.2, 0) is 13.1 Å². The number of rotatable bonds is 6. The van der Waals surface area contributed by atoms with Gasteiger partial charge in [0.1, 0.15) is 10.8 Å². The second-order valence-corrected chi connectivity index (χ2v) is 6.85. The highest BCUT2D eigenvalue weighted by molar-refractivity contribution is 14.0. The Hall–Kier alpha value is -1.35. The van der Waals surface area contributed by atoms with E-state index in [-0.39, 0.29) is 24.0 Å². The van der Waals surface area contributed by atoms with Crippen LogP contribution in [0.5, 0.6) is 5.75 Å². The first-order valence-electron chi connectivity index (χ1n) is 8.13. The van der Waals surface area contributed by atoms with Gasteiger partial charge in [-0.05, 0) is 44.9 Å². The van der Waals surface area contributed by atoms with Gasteiger partial charge in [0.25, 0.3) is 0 Å². The molecule has 0 unspecified atom stereocenters. The van der Waals surface area contributed by atoms with Crippen LogP contribution in [0.2, 0.25) is 0 Å². The zero-order valence-corrected chi connectivity index (χ0v) is 18.6. The number of benzene rings is 1. The maximum absolute atomic E-state index is 5.58. The van der Waals surface area contributed by atoms with Crippen molar-refractivity contribution < 1.29 is 4.74 Å². The van der Waals surface area contributed by atoms with E-state index in [1.165, 1.54) is 10.4 Å². The topological polar surface area (TPSA) is 58.5 Å². The van der Waals surface area contributed by atoms with Crippen molar-refractivity contribution in [1.29, 1.82) is 0 Å². The molecule has 1 aromatic heterocycles. The van der Waals surface area contributed by atoms with Gasteiger partial charge in [0.15, 0.2) is 5.96 Å². The molecule has 5 nitrogen and oxygen atoms in total. The lowest BCUT2D eigenvalue weighted by Gasteiger charge is -2.12. The molecule has 0 aliphatic carbocycles. The van der Waals surface area contributed by atoms with Crippen LogP contribution in [0.15, 0.2) is 23.2 Å². The number of hydrogen-bond acceptors (Lipinski definition) is 4. The Morgan fingerprint density at radius 1 is 1.20 bits per heavy atom. The van der Waals surface area contributed by atoms with Crippen molar-refractivity contribution in [3.05, 3.63) is 44.9 Å². The Labute approximate surface area is 171 Å². The Morgan fingerprint density at radius 2 is 1.92 bits per heavy atom.